The van der Waals surface area contributed by atoms with Crippen LogP contribution in [-0.2, 0) is 0 Å². The lowest BCUT2D eigenvalue weighted by molar-refractivity contribution is 0.658. The summed E-state index contributed by atoms with van der Waals surface area (Å²) < 4.78 is 0. The second-order valence-electron chi connectivity index (χ2n) is 3.82. The van der Waals surface area contributed by atoms with Gasteiger partial charge in [-0.2, -0.15) is 0 Å². The van der Waals surface area contributed by atoms with Crippen LogP contribution in [0, 0.1) is 0 Å². The summed E-state index contributed by atoms with van der Waals surface area (Å²) in [6.07, 6.45) is 0. The van der Waals surface area contributed by atoms with E-state index in [0.29, 0.717) is 11.1 Å². The van der Waals surface area contributed by atoms with Crippen molar-refractivity contribution >= 4 is 28.1 Å². The fraction of sp³-hybridized carbons (Fsp3) is 0.273. The van der Waals surface area contributed by atoms with Crippen LogP contribution in [0.1, 0.15) is 13.8 Å². The first-order chi connectivity index (χ1) is 8.16. The Morgan fingerprint density at radius 2 is 2.00 bits per heavy atom. The minimum absolute atomic E-state index is 0.336. The van der Waals surface area contributed by atoms with Crippen LogP contribution in [0.5, 0.6) is 0 Å². The number of hydrogen-bond acceptors (Lipinski definition) is 5. The van der Waals surface area contributed by atoms with E-state index in [4.69, 9.17) is 11.6 Å². The van der Waals surface area contributed by atoms with Gasteiger partial charge in [0.05, 0.1) is 5.02 Å². The Kier molecular flexibility index (Phi) is 3.93. The van der Waals surface area contributed by atoms with Crippen molar-refractivity contribution < 1.29 is 0 Å². The third-order valence-electron chi connectivity index (χ3n) is 2.00. The predicted octanol–water partition coefficient (Wildman–Crippen LogP) is 3.18. The van der Waals surface area contributed by atoms with E-state index < -0.39 is 0 Å². The molecule has 17 heavy (non-hydrogen) atoms. The lowest BCUT2D eigenvalue weighted by Gasteiger charge is -2.06. The summed E-state index contributed by atoms with van der Waals surface area (Å²) in [4.78, 5) is 0. The van der Waals surface area contributed by atoms with Gasteiger partial charge in [0.15, 0.2) is 5.01 Å². The molecule has 0 bridgehead atoms. The SMILES string of the molecule is CC(C)NNc1nnc(-c2ccccc2Cl)s1. The quantitative estimate of drug-likeness (QED) is 0.836. The highest BCUT2D eigenvalue weighted by molar-refractivity contribution is 7.18. The van der Waals surface area contributed by atoms with Crippen molar-refractivity contribution in [1.29, 1.82) is 0 Å². The van der Waals surface area contributed by atoms with Gasteiger partial charge in [0.1, 0.15) is 0 Å². The zero-order valence-corrected chi connectivity index (χ0v) is 11.1. The predicted molar refractivity (Wildman–Crippen MR) is 72.2 cm³/mol. The summed E-state index contributed by atoms with van der Waals surface area (Å²) in [5.41, 5.74) is 6.98. The Bertz CT molecular complexity index is 498. The molecule has 0 atom stereocenters. The van der Waals surface area contributed by atoms with Gasteiger partial charge in [-0.3, -0.25) is 5.43 Å². The van der Waals surface area contributed by atoms with Crippen molar-refractivity contribution in [2.24, 2.45) is 0 Å². The molecule has 1 aromatic heterocycles. The highest BCUT2D eigenvalue weighted by Gasteiger charge is 2.09. The normalized spacial score (nSPS) is 10.8. The van der Waals surface area contributed by atoms with Crippen molar-refractivity contribution in [2.75, 3.05) is 5.43 Å². The molecule has 0 amide bonds. The van der Waals surface area contributed by atoms with Crippen molar-refractivity contribution in [1.82, 2.24) is 15.6 Å². The summed E-state index contributed by atoms with van der Waals surface area (Å²) in [6.45, 7) is 4.09. The van der Waals surface area contributed by atoms with Crippen LogP contribution in [0.25, 0.3) is 10.6 Å². The summed E-state index contributed by atoms with van der Waals surface area (Å²) in [5, 5.41) is 10.4. The molecule has 0 spiro atoms. The Labute approximate surface area is 109 Å². The first-order valence-corrected chi connectivity index (χ1v) is 6.46. The van der Waals surface area contributed by atoms with Crippen LogP contribution < -0.4 is 10.9 Å². The summed E-state index contributed by atoms with van der Waals surface area (Å²) >= 11 is 7.56. The number of hydrazine groups is 1. The topological polar surface area (TPSA) is 49.8 Å². The van der Waals surface area contributed by atoms with Gasteiger partial charge in [0, 0.05) is 11.6 Å². The Hall–Kier alpha value is -1.17. The number of nitrogens with one attached hydrogen (secondary N) is 2. The fourth-order valence-corrected chi connectivity index (χ4v) is 2.25. The molecule has 0 unspecified atom stereocenters. The van der Waals surface area contributed by atoms with Gasteiger partial charge in [-0.15, -0.1) is 10.2 Å². The highest BCUT2D eigenvalue weighted by atomic mass is 35.5. The molecule has 2 aromatic rings. The van der Waals surface area contributed by atoms with Gasteiger partial charge in [-0.05, 0) is 19.9 Å². The van der Waals surface area contributed by atoms with Gasteiger partial charge >= 0.3 is 0 Å². The maximum absolute atomic E-state index is 6.10. The van der Waals surface area contributed by atoms with Crippen LogP contribution in [0.2, 0.25) is 5.02 Å². The van der Waals surface area contributed by atoms with E-state index in [1.165, 1.54) is 11.3 Å². The highest BCUT2D eigenvalue weighted by Crippen LogP contribution is 2.31. The Balaban J connectivity index is 2.16. The molecule has 0 radical (unpaired) electrons. The monoisotopic (exact) mass is 268 g/mol. The van der Waals surface area contributed by atoms with Crippen LogP contribution in [0.3, 0.4) is 0 Å². The van der Waals surface area contributed by atoms with Gasteiger partial charge in [-0.25, -0.2) is 5.43 Å². The molecule has 90 valence electrons. The maximum atomic E-state index is 6.10. The van der Waals surface area contributed by atoms with E-state index in [-0.39, 0.29) is 0 Å². The first kappa shape index (κ1) is 12.3. The second-order valence-corrected chi connectivity index (χ2v) is 5.20. The summed E-state index contributed by atoms with van der Waals surface area (Å²) in [5.74, 6) is 0. The molecule has 1 heterocycles. The largest absolute Gasteiger partial charge is 0.295 e. The third-order valence-corrected chi connectivity index (χ3v) is 3.20. The first-order valence-electron chi connectivity index (χ1n) is 5.27. The molecule has 2 N–H and O–H groups in total. The molecule has 6 heteroatoms. The number of nitrogens with zero attached hydrogens (tertiary/aromatic N) is 2. The van der Waals surface area contributed by atoms with E-state index >= 15 is 0 Å². The van der Waals surface area contributed by atoms with Crippen LogP contribution >= 0.6 is 22.9 Å². The van der Waals surface area contributed by atoms with Crippen molar-refractivity contribution in [2.45, 2.75) is 19.9 Å². The van der Waals surface area contributed by atoms with E-state index in [0.717, 1.165) is 15.7 Å². The lowest BCUT2D eigenvalue weighted by Crippen LogP contribution is -2.28. The van der Waals surface area contributed by atoms with Crippen molar-refractivity contribution in [3.8, 4) is 10.6 Å². The fourth-order valence-electron chi connectivity index (χ4n) is 1.22. The standard InChI is InChI=1S/C11H13ClN4S/c1-7(2)13-15-11-16-14-10(17-11)8-5-3-4-6-9(8)12/h3-7,13H,1-2H3,(H,15,16). The molecule has 0 aliphatic carbocycles. The zero-order chi connectivity index (χ0) is 12.3. The number of anilines is 1. The Morgan fingerprint density at radius 3 is 2.71 bits per heavy atom. The maximum Gasteiger partial charge on any atom is 0.220 e. The molecule has 1 aromatic carbocycles. The van der Waals surface area contributed by atoms with Crippen molar-refractivity contribution in [3.63, 3.8) is 0 Å². The molecule has 0 aliphatic heterocycles. The molecular weight excluding hydrogens is 256 g/mol. The van der Waals surface area contributed by atoms with Gasteiger partial charge in [0.2, 0.25) is 5.13 Å². The van der Waals surface area contributed by atoms with Gasteiger partial charge in [0.25, 0.3) is 0 Å². The van der Waals surface area contributed by atoms with Crippen LogP contribution in [0.4, 0.5) is 5.13 Å². The summed E-state index contributed by atoms with van der Waals surface area (Å²) in [7, 11) is 0. The zero-order valence-electron chi connectivity index (χ0n) is 9.57. The molecular formula is C11H13ClN4S. The average molecular weight is 269 g/mol. The number of aromatic nitrogens is 2. The average Bonchev–Trinajstić information content (AvgIpc) is 2.75. The molecule has 0 fully saturated rings. The smallest absolute Gasteiger partial charge is 0.220 e. The number of benzene rings is 1. The molecule has 0 saturated carbocycles. The lowest BCUT2D eigenvalue weighted by atomic mass is 10.2. The van der Waals surface area contributed by atoms with E-state index in [9.17, 15) is 0 Å². The molecule has 4 nitrogen and oxygen atoms in total. The molecule has 0 saturated heterocycles. The Morgan fingerprint density at radius 1 is 1.24 bits per heavy atom. The van der Waals surface area contributed by atoms with Crippen LogP contribution in [0.15, 0.2) is 24.3 Å². The van der Waals surface area contributed by atoms with Crippen LogP contribution in [-0.4, -0.2) is 16.2 Å². The summed E-state index contributed by atoms with van der Waals surface area (Å²) in [6, 6.07) is 7.94. The number of hydrogen-bond donors (Lipinski definition) is 2. The van der Waals surface area contributed by atoms with Crippen molar-refractivity contribution in [3.05, 3.63) is 29.3 Å². The number of rotatable bonds is 4. The number of halogens is 1. The third kappa shape index (κ3) is 3.15. The minimum atomic E-state index is 0.336. The second kappa shape index (κ2) is 5.44. The minimum Gasteiger partial charge on any atom is -0.295 e. The van der Waals surface area contributed by atoms with Gasteiger partial charge < -0.3 is 0 Å². The van der Waals surface area contributed by atoms with E-state index in [1.54, 1.807) is 0 Å². The molecule has 2 rings (SSSR count). The molecule has 0 aliphatic rings. The van der Waals surface area contributed by atoms with E-state index in [1.807, 2.05) is 38.1 Å². The van der Waals surface area contributed by atoms with E-state index in [2.05, 4.69) is 21.0 Å². The van der Waals surface area contributed by atoms with Gasteiger partial charge in [-0.1, -0.05) is 41.1 Å².